The normalized spacial score (nSPS) is 11.1. The van der Waals surface area contributed by atoms with E-state index in [9.17, 15) is 4.79 Å². The molecule has 2 aromatic rings. The first-order chi connectivity index (χ1) is 13.9. The molecular weight excluding hydrogens is 438 g/mol. The minimum absolute atomic E-state index is 0.159. The van der Waals surface area contributed by atoms with Crippen molar-refractivity contribution in [1.82, 2.24) is 0 Å². The Morgan fingerprint density at radius 3 is 2.21 bits per heavy atom. The lowest BCUT2D eigenvalue weighted by atomic mass is 10.1. The Morgan fingerprint density at radius 1 is 1.00 bits per heavy atom. The zero-order valence-electron chi connectivity index (χ0n) is 17.5. The van der Waals surface area contributed by atoms with Crippen molar-refractivity contribution in [2.75, 3.05) is 46.9 Å². The monoisotopic (exact) mass is 463 g/mol. The fourth-order valence-corrected chi connectivity index (χ4v) is 3.34. The van der Waals surface area contributed by atoms with Gasteiger partial charge < -0.3 is 23.8 Å². The first kappa shape index (κ1) is 22.6. The van der Waals surface area contributed by atoms with E-state index in [4.69, 9.17) is 18.9 Å². The second-order valence-corrected chi connectivity index (χ2v) is 7.11. The van der Waals surface area contributed by atoms with Crippen LogP contribution in [0.1, 0.15) is 22.8 Å². The number of carbonyl (C=O) groups excluding carboxylic acids is 1. The van der Waals surface area contributed by atoms with E-state index in [2.05, 4.69) is 15.9 Å². The van der Waals surface area contributed by atoms with E-state index >= 15 is 0 Å². The van der Waals surface area contributed by atoms with Crippen LogP contribution < -0.4 is 23.8 Å². The van der Waals surface area contributed by atoms with Crippen LogP contribution in [0, 0.1) is 0 Å². The summed E-state index contributed by atoms with van der Waals surface area (Å²) in [5, 5.41) is 0. The SMILES string of the molecule is CCOc1ccc(C(=O)C(Br)=Cc2ccc(OC)c(OC)c2OC)cc1N(C)C. The minimum atomic E-state index is -0.159. The van der Waals surface area contributed by atoms with Crippen LogP contribution >= 0.6 is 15.9 Å². The molecule has 156 valence electrons. The summed E-state index contributed by atoms with van der Waals surface area (Å²) in [5.74, 6) is 2.07. The lowest BCUT2D eigenvalue weighted by molar-refractivity contribution is 0.104. The average molecular weight is 464 g/mol. The van der Waals surface area contributed by atoms with Crippen LogP contribution in [-0.2, 0) is 0 Å². The number of halogens is 1. The van der Waals surface area contributed by atoms with Gasteiger partial charge in [0.25, 0.3) is 0 Å². The molecule has 0 fully saturated rings. The van der Waals surface area contributed by atoms with Gasteiger partial charge in [-0.05, 0) is 59.3 Å². The molecule has 0 N–H and O–H groups in total. The van der Waals surface area contributed by atoms with Crippen molar-refractivity contribution in [3.8, 4) is 23.0 Å². The maximum absolute atomic E-state index is 13.0. The lowest BCUT2D eigenvalue weighted by Crippen LogP contribution is -2.12. The molecule has 0 aliphatic heterocycles. The van der Waals surface area contributed by atoms with Crippen molar-refractivity contribution in [2.45, 2.75) is 6.92 Å². The predicted molar refractivity (Wildman–Crippen MR) is 119 cm³/mol. The molecule has 0 radical (unpaired) electrons. The first-order valence-electron chi connectivity index (χ1n) is 9.02. The van der Waals surface area contributed by atoms with Crippen molar-refractivity contribution in [1.29, 1.82) is 0 Å². The smallest absolute Gasteiger partial charge is 0.203 e. The molecule has 0 aromatic heterocycles. The number of methoxy groups -OCH3 is 3. The van der Waals surface area contributed by atoms with E-state index in [1.807, 2.05) is 38.1 Å². The maximum Gasteiger partial charge on any atom is 0.203 e. The molecule has 0 aliphatic carbocycles. The van der Waals surface area contributed by atoms with Gasteiger partial charge in [0.1, 0.15) is 5.75 Å². The minimum Gasteiger partial charge on any atom is -0.493 e. The molecule has 0 heterocycles. The second-order valence-electron chi connectivity index (χ2n) is 6.25. The molecule has 0 saturated heterocycles. The Bertz CT molecular complexity index is 908. The van der Waals surface area contributed by atoms with Gasteiger partial charge in [-0.15, -0.1) is 0 Å². The highest BCUT2D eigenvalue weighted by Crippen LogP contribution is 2.41. The van der Waals surface area contributed by atoms with E-state index in [-0.39, 0.29) is 5.78 Å². The Kier molecular flexibility index (Phi) is 7.96. The van der Waals surface area contributed by atoms with Crippen LogP contribution in [0.2, 0.25) is 0 Å². The molecule has 29 heavy (non-hydrogen) atoms. The number of ketones is 1. The molecule has 2 aromatic carbocycles. The number of ether oxygens (including phenoxy) is 4. The molecule has 0 aliphatic rings. The Labute approximate surface area is 180 Å². The van der Waals surface area contributed by atoms with Crippen molar-refractivity contribution in [2.24, 2.45) is 0 Å². The summed E-state index contributed by atoms with van der Waals surface area (Å²) < 4.78 is 22.2. The third kappa shape index (κ3) is 5.03. The van der Waals surface area contributed by atoms with Crippen molar-refractivity contribution in [3.63, 3.8) is 0 Å². The van der Waals surface area contributed by atoms with Crippen molar-refractivity contribution in [3.05, 3.63) is 45.9 Å². The third-order valence-electron chi connectivity index (χ3n) is 4.24. The van der Waals surface area contributed by atoms with Crippen LogP contribution in [0.15, 0.2) is 34.8 Å². The van der Waals surface area contributed by atoms with Crippen LogP contribution in [0.4, 0.5) is 5.69 Å². The lowest BCUT2D eigenvalue weighted by Gasteiger charge is -2.18. The number of allylic oxidation sites excluding steroid dienone is 1. The average Bonchev–Trinajstić information content (AvgIpc) is 2.72. The standard InChI is InChI=1S/C22H26BrNO5/c1-7-29-18-10-8-14(13-17(18)24(2)3)20(25)16(23)12-15-9-11-19(26-4)22(28-6)21(15)27-5/h8-13H,7H2,1-6H3. The topological polar surface area (TPSA) is 57.2 Å². The van der Waals surface area contributed by atoms with E-state index in [0.29, 0.717) is 39.5 Å². The van der Waals surface area contributed by atoms with Gasteiger partial charge in [0.15, 0.2) is 17.3 Å². The van der Waals surface area contributed by atoms with Crippen molar-refractivity contribution < 1.29 is 23.7 Å². The van der Waals surface area contributed by atoms with E-state index in [1.54, 1.807) is 38.5 Å². The number of Topliss-reactive ketones (excluding diaryl/α,β-unsaturated/α-hetero) is 1. The van der Waals surface area contributed by atoms with Gasteiger partial charge in [-0.1, -0.05) is 0 Å². The summed E-state index contributed by atoms with van der Waals surface area (Å²) in [7, 11) is 8.45. The summed E-state index contributed by atoms with van der Waals surface area (Å²) in [5.41, 5.74) is 2.06. The first-order valence-corrected chi connectivity index (χ1v) is 9.82. The Morgan fingerprint density at radius 2 is 1.66 bits per heavy atom. The molecule has 6 nitrogen and oxygen atoms in total. The summed E-state index contributed by atoms with van der Waals surface area (Å²) in [6.07, 6.45) is 1.70. The number of nitrogens with zero attached hydrogens (tertiary/aromatic N) is 1. The molecule has 0 amide bonds. The second kappa shape index (κ2) is 10.2. The molecule has 2 rings (SSSR count). The van der Waals surface area contributed by atoms with E-state index in [1.165, 1.54) is 7.11 Å². The van der Waals surface area contributed by atoms with Gasteiger partial charge in [-0.25, -0.2) is 0 Å². The van der Waals surface area contributed by atoms with Gasteiger partial charge in [-0.3, -0.25) is 4.79 Å². The fourth-order valence-electron chi connectivity index (χ4n) is 2.86. The molecule has 0 saturated carbocycles. The summed E-state index contributed by atoms with van der Waals surface area (Å²) in [6, 6.07) is 8.94. The van der Waals surface area contributed by atoms with Gasteiger partial charge in [0, 0.05) is 25.2 Å². The highest BCUT2D eigenvalue weighted by atomic mass is 79.9. The van der Waals surface area contributed by atoms with E-state index < -0.39 is 0 Å². The fraction of sp³-hybridized carbons (Fsp3) is 0.318. The van der Waals surface area contributed by atoms with Crippen LogP contribution in [0.3, 0.4) is 0 Å². The van der Waals surface area contributed by atoms with Crippen LogP contribution in [0.25, 0.3) is 6.08 Å². The highest BCUT2D eigenvalue weighted by molar-refractivity contribution is 9.12. The zero-order valence-corrected chi connectivity index (χ0v) is 19.1. The largest absolute Gasteiger partial charge is 0.493 e. The van der Waals surface area contributed by atoms with Gasteiger partial charge in [0.2, 0.25) is 5.75 Å². The Balaban J connectivity index is 2.45. The zero-order chi connectivity index (χ0) is 21.6. The molecule has 0 atom stereocenters. The summed E-state index contributed by atoms with van der Waals surface area (Å²) in [4.78, 5) is 14.9. The van der Waals surface area contributed by atoms with Gasteiger partial charge in [-0.2, -0.15) is 0 Å². The quantitative estimate of drug-likeness (QED) is 0.393. The molecule has 0 bridgehead atoms. The molecular formula is C22H26BrNO5. The summed E-state index contributed by atoms with van der Waals surface area (Å²) in [6.45, 7) is 2.48. The Hall–Kier alpha value is -2.67. The number of carbonyl (C=O) groups is 1. The number of benzene rings is 2. The number of rotatable bonds is 9. The number of anilines is 1. The van der Waals surface area contributed by atoms with E-state index in [0.717, 1.165) is 11.4 Å². The third-order valence-corrected chi connectivity index (χ3v) is 4.83. The number of hydrogen-bond acceptors (Lipinski definition) is 6. The molecule has 0 spiro atoms. The number of hydrogen-bond donors (Lipinski definition) is 0. The van der Waals surface area contributed by atoms with Crippen LogP contribution in [0.5, 0.6) is 23.0 Å². The molecule has 0 unspecified atom stereocenters. The summed E-state index contributed by atoms with van der Waals surface area (Å²) >= 11 is 3.41. The molecule has 7 heteroatoms. The van der Waals surface area contributed by atoms with Crippen LogP contribution in [-0.4, -0.2) is 47.8 Å². The maximum atomic E-state index is 13.0. The highest BCUT2D eigenvalue weighted by Gasteiger charge is 2.18. The predicted octanol–water partition coefficient (Wildman–Crippen LogP) is 4.80. The van der Waals surface area contributed by atoms with Crippen molar-refractivity contribution >= 4 is 33.5 Å². The van der Waals surface area contributed by atoms with Gasteiger partial charge in [0.05, 0.1) is 38.1 Å². The van der Waals surface area contributed by atoms with Gasteiger partial charge >= 0.3 is 0 Å².